The fourth-order valence-electron chi connectivity index (χ4n) is 2.18. The van der Waals surface area contributed by atoms with E-state index in [1.54, 1.807) is 4.90 Å². The van der Waals surface area contributed by atoms with E-state index in [1.165, 1.54) is 18.2 Å². The second-order valence-electron chi connectivity index (χ2n) is 4.92. The highest BCUT2D eigenvalue weighted by Gasteiger charge is 2.25. The molecule has 1 aromatic carbocycles. The normalized spacial score (nSPS) is 22.7. The summed E-state index contributed by atoms with van der Waals surface area (Å²) in [4.78, 5) is 13.8. The van der Waals surface area contributed by atoms with Gasteiger partial charge < -0.3 is 14.4 Å². The molecule has 0 N–H and O–H groups in total. The van der Waals surface area contributed by atoms with E-state index >= 15 is 0 Å². The van der Waals surface area contributed by atoms with E-state index < -0.39 is 5.82 Å². The van der Waals surface area contributed by atoms with Crippen molar-refractivity contribution in [2.45, 2.75) is 26.1 Å². The lowest BCUT2D eigenvalue weighted by Gasteiger charge is -2.35. The first kappa shape index (κ1) is 15.1. The number of rotatable bonds is 3. The van der Waals surface area contributed by atoms with E-state index in [2.05, 4.69) is 0 Å². The Hall–Kier alpha value is -1.33. The van der Waals surface area contributed by atoms with Crippen LogP contribution in [0.5, 0.6) is 5.75 Å². The zero-order valence-corrected chi connectivity index (χ0v) is 12.2. The van der Waals surface area contributed by atoms with Crippen molar-refractivity contribution in [3.05, 3.63) is 29.0 Å². The molecule has 20 heavy (non-hydrogen) atoms. The average molecular weight is 302 g/mol. The van der Waals surface area contributed by atoms with Crippen LogP contribution in [0.1, 0.15) is 13.8 Å². The number of benzene rings is 1. The van der Waals surface area contributed by atoms with Crippen molar-refractivity contribution in [1.29, 1.82) is 0 Å². The third kappa shape index (κ3) is 3.84. The Labute approximate surface area is 122 Å². The maximum atomic E-state index is 13.0. The topological polar surface area (TPSA) is 38.8 Å². The van der Waals surface area contributed by atoms with Gasteiger partial charge in [0.2, 0.25) is 0 Å². The van der Waals surface area contributed by atoms with Gasteiger partial charge in [0.25, 0.3) is 5.91 Å². The molecular formula is C14H17ClFNO3. The van der Waals surface area contributed by atoms with E-state index in [1.807, 2.05) is 13.8 Å². The van der Waals surface area contributed by atoms with Gasteiger partial charge in [0.1, 0.15) is 11.6 Å². The van der Waals surface area contributed by atoms with Gasteiger partial charge in [0, 0.05) is 19.2 Å². The van der Waals surface area contributed by atoms with Crippen molar-refractivity contribution >= 4 is 17.5 Å². The van der Waals surface area contributed by atoms with E-state index in [-0.39, 0.29) is 29.7 Å². The highest BCUT2D eigenvalue weighted by molar-refractivity contribution is 6.30. The third-order valence-electron chi connectivity index (χ3n) is 3.03. The van der Waals surface area contributed by atoms with Crippen molar-refractivity contribution in [2.75, 3.05) is 19.7 Å². The van der Waals surface area contributed by atoms with Crippen LogP contribution in [0, 0.1) is 5.82 Å². The molecule has 6 heteroatoms. The second-order valence-corrected chi connectivity index (χ2v) is 5.33. The maximum absolute atomic E-state index is 13.0. The summed E-state index contributed by atoms with van der Waals surface area (Å²) in [5, 5.41) is -0.0245. The van der Waals surface area contributed by atoms with Gasteiger partial charge >= 0.3 is 0 Å². The van der Waals surface area contributed by atoms with Gasteiger partial charge in [0.05, 0.1) is 17.2 Å². The molecule has 1 heterocycles. The number of halogens is 2. The smallest absolute Gasteiger partial charge is 0.260 e. The monoisotopic (exact) mass is 301 g/mol. The van der Waals surface area contributed by atoms with Gasteiger partial charge in [-0.25, -0.2) is 4.39 Å². The Morgan fingerprint density at radius 1 is 1.45 bits per heavy atom. The first-order chi connectivity index (χ1) is 9.45. The number of carbonyl (C=O) groups excluding carboxylic acids is 1. The predicted molar refractivity (Wildman–Crippen MR) is 73.5 cm³/mol. The zero-order valence-electron chi connectivity index (χ0n) is 11.4. The lowest BCUT2D eigenvalue weighted by molar-refractivity contribution is -0.145. The van der Waals surface area contributed by atoms with Crippen LogP contribution >= 0.6 is 11.6 Å². The van der Waals surface area contributed by atoms with Crippen molar-refractivity contribution in [2.24, 2.45) is 0 Å². The summed E-state index contributed by atoms with van der Waals surface area (Å²) in [5.74, 6) is -0.257. The average Bonchev–Trinajstić information content (AvgIpc) is 2.38. The molecule has 1 aliphatic heterocycles. The quantitative estimate of drug-likeness (QED) is 0.861. The Morgan fingerprint density at radius 3 is 2.70 bits per heavy atom. The van der Waals surface area contributed by atoms with Gasteiger partial charge in [-0.05, 0) is 26.0 Å². The Balaban J connectivity index is 1.89. The van der Waals surface area contributed by atoms with E-state index in [9.17, 15) is 9.18 Å². The zero-order chi connectivity index (χ0) is 14.7. The first-order valence-corrected chi connectivity index (χ1v) is 6.84. The molecule has 2 rings (SSSR count). The van der Waals surface area contributed by atoms with Gasteiger partial charge in [-0.2, -0.15) is 0 Å². The van der Waals surface area contributed by atoms with Gasteiger partial charge in [-0.1, -0.05) is 11.6 Å². The Morgan fingerprint density at radius 2 is 2.10 bits per heavy atom. The molecule has 4 nitrogen and oxygen atoms in total. The number of hydrogen-bond donors (Lipinski definition) is 0. The van der Waals surface area contributed by atoms with Crippen molar-refractivity contribution in [3.63, 3.8) is 0 Å². The third-order valence-corrected chi connectivity index (χ3v) is 3.32. The summed E-state index contributed by atoms with van der Waals surface area (Å²) in [7, 11) is 0. The number of morpholine rings is 1. The Kier molecular flexibility index (Phi) is 4.83. The largest absolute Gasteiger partial charge is 0.484 e. The molecule has 1 saturated heterocycles. The van der Waals surface area contributed by atoms with Crippen LogP contribution in [0.25, 0.3) is 0 Å². The van der Waals surface area contributed by atoms with Crippen LogP contribution < -0.4 is 4.74 Å². The summed E-state index contributed by atoms with van der Waals surface area (Å²) in [6.45, 7) is 4.86. The minimum absolute atomic E-state index is 0.0166. The van der Waals surface area contributed by atoms with Crippen LogP contribution in [-0.4, -0.2) is 42.7 Å². The van der Waals surface area contributed by atoms with Crippen LogP contribution in [-0.2, 0) is 9.53 Å². The van der Waals surface area contributed by atoms with Crippen LogP contribution in [0.15, 0.2) is 18.2 Å². The highest BCUT2D eigenvalue weighted by Crippen LogP contribution is 2.21. The summed E-state index contributed by atoms with van der Waals surface area (Å²) < 4.78 is 23.9. The number of ether oxygens (including phenoxy) is 2. The van der Waals surface area contributed by atoms with Crippen LogP contribution in [0.3, 0.4) is 0 Å². The van der Waals surface area contributed by atoms with Crippen LogP contribution in [0.2, 0.25) is 5.02 Å². The molecule has 1 amide bonds. The molecule has 0 saturated carbocycles. The second kappa shape index (κ2) is 6.41. The first-order valence-electron chi connectivity index (χ1n) is 6.47. The van der Waals surface area contributed by atoms with E-state index in [0.29, 0.717) is 18.8 Å². The molecule has 1 fully saturated rings. The summed E-state index contributed by atoms with van der Waals surface area (Å²) in [5.41, 5.74) is 0. The molecule has 0 bridgehead atoms. The predicted octanol–water partition coefficient (Wildman–Crippen LogP) is 2.49. The van der Waals surface area contributed by atoms with Crippen molar-refractivity contribution < 1.29 is 18.7 Å². The van der Waals surface area contributed by atoms with Gasteiger partial charge in [0.15, 0.2) is 6.61 Å². The van der Waals surface area contributed by atoms with Crippen molar-refractivity contribution in [1.82, 2.24) is 4.90 Å². The minimum Gasteiger partial charge on any atom is -0.484 e. The molecule has 110 valence electrons. The molecule has 1 aliphatic rings. The molecule has 2 atom stereocenters. The van der Waals surface area contributed by atoms with Gasteiger partial charge in [-0.3, -0.25) is 4.79 Å². The number of amides is 1. The van der Waals surface area contributed by atoms with Crippen LogP contribution in [0.4, 0.5) is 4.39 Å². The highest BCUT2D eigenvalue weighted by atomic mass is 35.5. The molecule has 0 aliphatic carbocycles. The van der Waals surface area contributed by atoms with Crippen molar-refractivity contribution in [3.8, 4) is 5.75 Å². The number of nitrogens with zero attached hydrogens (tertiary/aromatic N) is 1. The fraction of sp³-hybridized carbons (Fsp3) is 0.500. The summed E-state index contributed by atoms with van der Waals surface area (Å²) in [6.07, 6.45) is 0.0333. The maximum Gasteiger partial charge on any atom is 0.260 e. The molecule has 0 aromatic heterocycles. The molecule has 1 aromatic rings. The van der Waals surface area contributed by atoms with Gasteiger partial charge in [-0.15, -0.1) is 0 Å². The summed E-state index contributed by atoms with van der Waals surface area (Å²) in [6, 6.07) is 4.01. The standard InChI is InChI=1S/C14H17ClFNO3/c1-9-6-17(7-10(2)20-9)14(18)8-19-11-3-4-13(16)12(15)5-11/h3-5,9-10H,6-8H2,1-2H3/t9-,10+. The van der Waals surface area contributed by atoms with E-state index in [4.69, 9.17) is 21.1 Å². The molecule has 0 radical (unpaired) electrons. The molecule has 0 spiro atoms. The fourth-order valence-corrected chi connectivity index (χ4v) is 2.36. The summed E-state index contributed by atoms with van der Waals surface area (Å²) >= 11 is 5.65. The number of carbonyl (C=O) groups is 1. The molecule has 0 unspecified atom stereocenters. The van der Waals surface area contributed by atoms with E-state index in [0.717, 1.165) is 0 Å². The number of hydrogen-bond acceptors (Lipinski definition) is 3. The molecular weight excluding hydrogens is 285 g/mol. The Bertz CT molecular complexity index is 487. The lowest BCUT2D eigenvalue weighted by Crippen LogP contribution is -2.49. The SMILES string of the molecule is C[C@@H]1CN(C(=O)COc2ccc(F)c(Cl)c2)C[C@H](C)O1. The lowest BCUT2D eigenvalue weighted by atomic mass is 10.2. The minimum atomic E-state index is -0.513.